The Morgan fingerprint density at radius 3 is 2.92 bits per heavy atom. The molecule has 0 aromatic rings. The van der Waals surface area contributed by atoms with E-state index in [2.05, 4.69) is 24.8 Å². The molecule has 4 aliphatic rings. The highest BCUT2D eigenvalue weighted by molar-refractivity contribution is 5.92. The second kappa shape index (κ2) is 5.58. The molecule has 24 heavy (non-hydrogen) atoms. The Balaban J connectivity index is 1.82. The van der Waals surface area contributed by atoms with Gasteiger partial charge in [0.2, 0.25) is 0 Å². The maximum absolute atomic E-state index is 11.9. The van der Waals surface area contributed by atoms with E-state index in [0.717, 1.165) is 44.1 Å². The van der Waals surface area contributed by atoms with Crippen molar-refractivity contribution in [2.45, 2.75) is 58.0 Å². The molecular weight excluding hydrogens is 300 g/mol. The average molecular weight is 326 g/mol. The monoisotopic (exact) mass is 326 g/mol. The number of hydrogen-bond acceptors (Lipinski definition) is 3. The molecule has 4 aliphatic carbocycles. The molecule has 0 aromatic heterocycles. The fraction of sp³-hybridized carbons (Fsp3) is 0.667. The van der Waals surface area contributed by atoms with Gasteiger partial charge in [-0.05, 0) is 67.6 Å². The second-order valence-corrected chi connectivity index (χ2v) is 8.22. The van der Waals surface area contributed by atoms with Crippen molar-refractivity contribution in [3.63, 3.8) is 0 Å². The van der Waals surface area contributed by atoms with Gasteiger partial charge in [-0.15, -0.1) is 0 Å². The Morgan fingerprint density at radius 2 is 2.12 bits per heavy atom. The molecule has 0 radical (unpaired) electrons. The van der Waals surface area contributed by atoms with Crippen LogP contribution in [-0.2, 0) is 4.79 Å². The Hall–Kier alpha value is -1.37. The second-order valence-electron chi connectivity index (χ2n) is 8.22. The maximum atomic E-state index is 11.9. The fourth-order valence-electron chi connectivity index (χ4n) is 5.93. The molecular formula is C21H26O3. The normalized spacial score (nSPS) is 43.6. The number of rotatable bonds is 0. The van der Waals surface area contributed by atoms with E-state index in [0.29, 0.717) is 18.3 Å². The smallest absolute Gasteiger partial charge is 0.155 e. The summed E-state index contributed by atoms with van der Waals surface area (Å²) >= 11 is 0. The number of ketones is 1. The van der Waals surface area contributed by atoms with Gasteiger partial charge < -0.3 is 10.2 Å². The lowest BCUT2D eigenvalue weighted by molar-refractivity contribution is -0.115. The largest absolute Gasteiger partial charge is 0.393 e. The van der Waals surface area contributed by atoms with E-state index in [1.165, 1.54) is 5.57 Å². The summed E-state index contributed by atoms with van der Waals surface area (Å²) in [5.41, 5.74) is 2.19. The Morgan fingerprint density at radius 1 is 1.29 bits per heavy atom. The molecule has 5 atom stereocenters. The lowest BCUT2D eigenvalue weighted by Crippen LogP contribution is -2.46. The van der Waals surface area contributed by atoms with Crippen LogP contribution in [0.1, 0.15) is 51.9 Å². The van der Waals surface area contributed by atoms with Crippen molar-refractivity contribution in [2.24, 2.45) is 22.7 Å². The van der Waals surface area contributed by atoms with Crippen LogP contribution in [0.15, 0.2) is 23.3 Å². The van der Waals surface area contributed by atoms with Gasteiger partial charge in [-0.25, -0.2) is 0 Å². The van der Waals surface area contributed by atoms with E-state index in [4.69, 9.17) is 0 Å². The van der Waals surface area contributed by atoms with Crippen LogP contribution >= 0.6 is 0 Å². The van der Waals surface area contributed by atoms with E-state index >= 15 is 0 Å². The Bertz CT molecular complexity index is 692. The maximum Gasteiger partial charge on any atom is 0.155 e. The first kappa shape index (κ1) is 16.1. The number of aliphatic hydroxyl groups excluding tert-OH is 2. The third-order valence-corrected chi connectivity index (χ3v) is 7.23. The summed E-state index contributed by atoms with van der Waals surface area (Å²) in [6.07, 6.45) is 10.1. The Kier molecular flexibility index (Phi) is 3.74. The first-order chi connectivity index (χ1) is 11.5. The molecule has 2 N–H and O–H groups in total. The summed E-state index contributed by atoms with van der Waals surface area (Å²) in [5.74, 6) is 7.44. The molecule has 0 bridgehead atoms. The van der Waals surface area contributed by atoms with Gasteiger partial charge in [-0.3, -0.25) is 4.79 Å². The van der Waals surface area contributed by atoms with E-state index < -0.39 is 0 Å². The quantitative estimate of drug-likeness (QED) is 0.532. The molecule has 2 fully saturated rings. The van der Waals surface area contributed by atoms with Crippen LogP contribution in [0.3, 0.4) is 0 Å². The van der Waals surface area contributed by atoms with Crippen LogP contribution < -0.4 is 0 Å². The molecule has 0 amide bonds. The molecule has 0 unspecified atom stereocenters. The van der Waals surface area contributed by atoms with E-state index in [-0.39, 0.29) is 29.3 Å². The molecule has 3 nitrogen and oxygen atoms in total. The number of hydrogen-bond donors (Lipinski definition) is 2. The zero-order chi connectivity index (χ0) is 16.9. The number of carbonyl (C=O) groups is 1. The minimum absolute atomic E-state index is 0.00846. The van der Waals surface area contributed by atoms with Crippen LogP contribution in [0.25, 0.3) is 0 Å². The predicted octanol–water partition coefficient (Wildman–Crippen LogP) is 2.78. The van der Waals surface area contributed by atoms with Gasteiger partial charge in [0, 0.05) is 11.8 Å². The first-order valence-electron chi connectivity index (χ1n) is 9.24. The zero-order valence-corrected chi connectivity index (χ0v) is 14.3. The summed E-state index contributed by atoms with van der Waals surface area (Å²) in [6.45, 7) is 2.10. The number of allylic oxidation sites excluding steroid dienone is 4. The topological polar surface area (TPSA) is 57.5 Å². The third kappa shape index (κ3) is 2.09. The van der Waals surface area contributed by atoms with Crippen LogP contribution in [0.5, 0.6) is 0 Å². The van der Waals surface area contributed by atoms with Crippen LogP contribution in [-0.4, -0.2) is 28.7 Å². The summed E-state index contributed by atoms with van der Waals surface area (Å²) in [4.78, 5) is 11.9. The van der Waals surface area contributed by atoms with Gasteiger partial charge in [0.1, 0.15) is 6.61 Å². The van der Waals surface area contributed by atoms with Crippen molar-refractivity contribution in [1.82, 2.24) is 0 Å². The summed E-state index contributed by atoms with van der Waals surface area (Å²) < 4.78 is 0. The van der Waals surface area contributed by atoms with Crippen molar-refractivity contribution in [3.05, 3.63) is 23.3 Å². The van der Waals surface area contributed by atoms with Crippen LogP contribution in [0.2, 0.25) is 0 Å². The van der Waals surface area contributed by atoms with Gasteiger partial charge in [0.25, 0.3) is 0 Å². The highest BCUT2D eigenvalue weighted by atomic mass is 16.3. The molecule has 0 aliphatic heterocycles. The van der Waals surface area contributed by atoms with E-state index in [9.17, 15) is 15.0 Å². The molecule has 2 saturated carbocycles. The Labute approximate surface area is 143 Å². The van der Waals surface area contributed by atoms with Gasteiger partial charge in [0.15, 0.2) is 5.78 Å². The van der Waals surface area contributed by atoms with Crippen molar-refractivity contribution in [1.29, 1.82) is 0 Å². The standard InChI is InChI=1S/C21H26O3/c1-20-10-8-18-16(17(20)5-6-19(20)24)4-3-14-13-15(23)7-11-21(14,18)9-2-12-22/h8,13,16-17,19,22,24H,3-7,10-12H2,1H3/t16-,17-,19-,20-,21-/m0/s1. The minimum Gasteiger partial charge on any atom is -0.393 e. The number of carbonyl (C=O) groups excluding carboxylic acids is 1. The van der Waals surface area contributed by atoms with Crippen molar-refractivity contribution >= 4 is 5.78 Å². The first-order valence-corrected chi connectivity index (χ1v) is 9.24. The molecule has 128 valence electrons. The summed E-state index contributed by atoms with van der Waals surface area (Å²) in [7, 11) is 0. The molecule has 0 heterocycles. The highest BCUT2D eigenvalue weighted by Crippen LogP contribution is 2.62. The third-order valence-electron chi connectivity index (χ3n) is 7.23. The predicted molar refractivity (Wildman–Crippen MR) is 91.9 cm³/mol. The van der Waals surface area contributed by atoms with Gasteiger partial charge in [0.05, 0.1) is 11.5 Å². The lowest BCUT2D eigenvalue weighted by atomic mass is 9.51. The van der Waals surface area contributed by atoms with Crippen molar-refractivity contribution in [2.75, 3.05) is 6.61 Å². The SMILES string of the molecule is C[C@]12CC=C3[C@@H](CCC4=CC(=O)CC[C@@]43C#CCO)[C@@H]1CC[C@@H]2O. The zero-order valence-electron chi connectivity index (χ0n) is 14.3. The van der Waals surface area contributed by atoms with Crippen LogP contribution in [0.4, 0.5) is 0 Å². The van der Waals surface area contributed by atoms with Gasteiger partial charge in [-0.1, -0.05) is 24.8 Å². The summed E-state index contributed by atoms with van der Waals surface area (Å²) in [5, 5.41) is 19.7. The highest BCUT2D eigenvalue weighted by Gasteiger charge is 2.56. The molecule has 0 saturated heterocycles. The van der Waals surface area contributed by atoms with E-state index in [1.54, 1.807) is 0 Å². The van der Waals surface area contributed by atoms with Crippen molar-refractivity contribution < 1.29 is 15.0 Å². The lowest BCUT2D eigenvalue weighted by Gasteiger charge is -2.52. The number of aliphatic hydroxyl groups is 2. The van der Waals surface area contributed by atoms with E-state index in [1.807, 2.05) is 6.08 Å². The molecule has 0 aromatic carbocycles. The number of fused-ring (bicyclic) bond motifs is 5. The molecule has 0 spiro atoms. The molecule has 4 rings (SSSR count). The summed E-state index contributed by atoms with van der Waals surface area (Å²) in [6, 6.07) is 0. The van der Waals surface area contributed by atoms with Crippen LogP contribution in [0, 0.1) is 34.5 Å². The van der Waals surface area contributed by atoms with Gasteiger partial charge >= 0.3 is 0 Å². The van der Waals surface area contributed by atoms with Crippen molar-refractivity contribution in [3.8, 4) is 11.8 Å². The minimum atomic E-state index is -0.339. The fourth-order valence-corrected chi connectivity index (χ4v) is 5.93. The average Bonchev–Trinajstić information content (AvgIpc) is 2.88. The molecule has 3 heteroatoms. The van der Waals surface area contributed by atoms with Gasteiger partial charge in [-0.2, -0.15) is 0 Å².